The Morgan fingerprint density at radius 3 is 1.24 bits per heavy atom. The molecule has 4 aromatic carbocycles. The van der Waals surface area contributed by atoms with Crippen molar-refractivity contribution in [3.8, 4) is 11.5 Å². The van der Waals surface area contributed by atoms with Crippen LogP contribution in [0.25, 0.3) is 0 Å². The van der Waals surface area contributed by atoms with Gasteiger partial charge < -0.3 is 69.3 Å². The van der Waals surface area contributed by atoms with E-state index in [1.807, 2.05) is 48.5 Å². The molecule has 4 heterocycles. The highest BCUT2D eigenvalue weighted by Gasteiger charge is 2.68. The molecular weight excluding hydrogens is 799 g/mol. The van der Waals surface area contributed by atoms with Crippen LogP contribution in [0.4, 0.5) is 0 Å². The number of aliphatic hydroxyl groups is 8. The van der Waals surface area contributed by atoms with E-state index >= 15 is 0 Å². The Bertz CT molecular complexity index is 1930. The van der Waals surface area contributed by atoms with Crippen LogP contribution in [0.5, 0.6) is 11.5 Å². The van der Waals surface area contributed by atoms with Gasteiger partial charge in [-0.2, -0.15) is 0 Å². The van der Waals surface area contributed by atoms with Crippen LogP contribution >= 0.6 is 23.2 Å². The van der Waals surface area contributed by atoms with Crippen LogP contribution in [-0.2, 0) is 43.4 Å². The van der Waals surface area contributed by atoms with Crippen molar-refractivity contribution >= 4 is 23.2 Å². The summed E-state index contributed by atoms with van der Waals surface area (Å²) in [5.74, 6) is -1.92. The third-order valence-electron chi connectivity index (χ3n) is 11.5. The van der Waals surface area contributed by atoms with E-state index in [1.165, 1.54) is 0 Å². The molecule has 0 saturated carbocycles. The van der Waals surface area contributed by atoms with Crippen molar-refractivity contribution < 1.29 is 69.3 Å². The minimum absolute atomic E-state index is 0.171. The zero-order valence-corrected chi connectivity index (χ0v) is 33.1. The maximum Gasteiger partial charge on any atom is 0.225 e. The van der Waals surface area contributed by atoms with Gasteiger partial charge in [0.1, 0.15) is 59.3 Å². The fourth-order valence-electron chi connectivity index (χ4n) is 7.93. The first-order valence-electron chi connectivity index (χ1n) is 18.5. The molecule has 4 aliphatic rings. The van der Waals surface area contributed by atoms with Crippen molar-refractivity contribution in [2.75, 3.05) is 40.6 Å². The van der Waals surface area contributed by atoms with Crippen LogP contribution in [0.3, 0.4) is 0 Å². The number of halogens is 2. The molecule has 16 heteroatoms. The quantitative estimate of drug-likeness (QED) is 0.115. The second kappa shape index (κ2) is 16.6. The Morgan fingerprint density at radius 1 is 0.552 bits per heavy atom. The molecule has 0 aliphatic carbocycles. The van der Waals surface area contributed by atoms with Gasteiger partial charge >= 0.3 is 0 Å². The summed E-state index contributed by atoms with van der Waals surface area (Å²) in [6.07, 6.45) is -8.12. The fraction of sp³-hybridized carbons (Fsp3) is 0.429. The van der Waals surface area contributed by atoms with E-state index in [0.29, 0.717) is 34.0 Å². The minimum Gasteiger partial charge on any atom is -0.497 e. The molecule has 4 fully saturated rings. The molecule has 4 aliphatic heterocycles. The van der Waals surface area contributed by atoms with E-state index in [-0.39, 0.29) is 13.2 Å². The van der Waals surface area contributed by atoms with Crippen molar-refractivity contribution in [3.63, 3.8) is 0 Å². The third kappa shape index (κ3) is 7.28. The summed E-state index contributed by atoms with van der Waals surface area (Å²) in [5, 5.41) is 83.1. The molecule has 312 valence electrons. The number of methoxy groups -OCH3 is 2. The van der Waals surface area contributed by atoms with E-state index in [9.17, 15) is 40.9 Å². The molecule has 8 rings (SSSR count). The molecule has 14 nitrogen and oxygen atoms in total. The summed E-state index contributed by atoms with van der Waals surface area (Å²) in [6, 6.07) is 25.2. The predicted molar refractivity (Wildman–Crippen MR) is 208 cm³/mol. The van der Waals surface area contributed by atoms with Crippen LogP contribution in [-0.4, -0.2) is 129 Å². The van der Waals surface area contributed by atoms with Crippen molar-refractivity contribution in [1.29, 1.82) is 0 Å². The summed E-state index contributed by atoms with van der Waals surface area (Å²) in [6.45, 7) is -1.47. The molecule has 0 radical (unpaired) electrons. The summed E-state index contributed by atoms with van der Waals surface area (Å²) in [4.78, 5) is 0. The van der Waals surface area contributed by atoms with Crippen LogP contribution in [0, 0.1) is 0 Å². The maximum absolute atomic E-state index is 10.7. The number of ether oxygens (including phenoxy) is 6. The molecule has 4 saturated heterocycles. The molecule has 4 bridgehead atoms. The van der Waals surface area contributed by atoms with Gasteiger partial charge in [0.2, 0.25) is 11.6 Å². The molecule has 0 unspecified atom stereocenters. The lowest BCUT2D eigenvalue weighted by molar-refractivity contribution is -0.329. The zero-order chi connectivity index (χ0) is 41.6. The number of hydrogen-bond donors (Lipinski definition) is 8. The van der Waals surface area contributed by atoms with Crippen LogP contribution in [0.1, 0.15) is 33.4 Å². The Kier molecular flexibility index (Phi) is 12.2. The Labute approximate surface area is 344 Å². The van der Waals surface area contributed by atoms with Crippen molar-refractivity contribution in [2.24, 2.45) is 0 Å². The molecule has 4 aromatic rings. The zero-order valence-electron chi connectivity index (χ0n) is 31.6. The van der Waals surface area contributed by atoms with E-state index in [2.05, 4.69) is 0 Å². The maximum atomic E-state index is 10.7. The lowest BCUT2D eigenvalue weighted by Gasteiger charge is -2.46. The monoisotopic (exact) mass is 844 g/mol. The van der Waals surface area contributed by atoms with Gasteiger partial charge in [0.05, 0.1) is 40.6 Å². The number of fused-ring (bicyclic) bond motifs is 4. The molecule has 0 amide bonds. The van der Waals surface area contributed by atoms with Gasteiger partial charge in [-0.25, -0.2) is 0 Å². The van der Waals surface area contributed by atoms with Gasteiger partial charge in [-0.05, 0) is 83.6 Å². The average molecular weight is 846 g/mol. The van der Waals surface area contributed by atoms with Crippen molar-refractivity contribution in [1.82, 2.24) is 0 Å². The Hall–Kier alpha value is -3.42. The van der Waals surface area contributed by atoms with E-state index in [1.54, 1.807) is 50.6 Å². The highest BCUT2D eigenvalue weighted by molar-refractivity contribution is 6.31. The topological polar surface area (TPSA) is 217 Å². The second-order valence-corrected chi connectivity index (χ2v) is 15.8. The third-order valence-corrected chi connectivity index (χ3v) is 12.2. The van der Waals surface area contributed by atoms with Gasteiger partial charge in [0.25, 0.3) is 0 Å². The standard InChI is InChI=1S/2C21H23ClO7/c2*1-27-15-5-2-12(3-6-15)8-13-9-14(4-7-16(13)22)21-19(26)17(24)18(25)20(10-23,29-21)11-28-21/h2*2-7,9,17-19,23-26H,8,10-11H2,1H3/t17-,18-,19+,20-,21-;17-,18-,19-,20-,21-/m00/s1. The summed E-state index contributed by atoms with van der Waals surface area (Å²) in [5.41, 5.74) is 1.41. The van der Waals surface area contributed by atoms with Crippen molar-refractivity contribution in [2.45, 2.75) is 72.2 Å². The van der Waals surface area contributed by atoms with Gasteiger partial charge in [-0.15, -0.1) is 0 Å². The Balaban J connectivity index is 0.000000177. The number of rotatable bonds is 10. The first-order valence-corrected chi connectivity index (χ1v) is 19.3. The second-order valence-electron chi connectivity index (χ2n) is 15.0. The smallest absolute Gasteiger partial charge is 0.225 e. The molecule has 58 heavy (non-hydrogen) atoms. The predicted octanol–water partition coefficient (Wildman–Crippen LogP) is 1.93. The largest absolute Gasteiger partial charge is 0.497 e. The SMILES string of the molecule is COc1ccc(Cc2cc([C@]34OC[C@](CO)(O3)[C@@H](O)[C@H](O)[C@@H]4O)ccc2Cl)cc1.COc1ccc(Cc2cc([C@]34OC[C@](CO)(O3)[C@@H](O)[C@H](O)[C@H]4O)ccc2Cl)cc1. The minimum atomic E-state index is -1.71. The lowest BCUT2D eigenvalue weighted by atomic mass is 9.83. The van der Waals surface area contributed by atoms with Crippen molar-refractivity contribution in [3.05, 3.63) is 128 Å². The van der Waals surface area contributed by atoms with Gasteiger partial charge in [0, 0.05) is 21.2 Å². The summed E-state index contributed by atoms with van der Waals surface area (Å²) >= 11 is 12.8. The van der Waals surface area contributed by atoms with Gasteiger partial charge in [-0.3, -0.25) is 0 Å². The van der Waals surface area contributed by atoms with Crippen LogP contribution in [0.15, 0.2) is 84.9 Å². The van der Waals surface area contributed by atoms with E-state index in [4.69, 9.17) is 51.6 Å². The number of aliphatic hydroxyl groups excluding tert-OH is 8. The highest BCUT2D eigenvalue weighted by Crippen LogP contribution is 2.51. The van der Waals surface area contributed by atoms with Gasteiger partial charge in [-0.1, -0.05) is 59.6 Å². The summed E-state index contributed by atoms with van der Waals surface area (Å²) in [7, 11) is 3.20. The van der Waals surface area contributed by atoms with Gasteiger partial charge in [0.15, 0.2) is 0 Å². The normalized spacial score (nSPS) is 33.7. The number of benzene rings is 4. The first-order chi connectivity index (χ1) is 27.7. The summed E-state index contributed by atoms with van der Waals surface area (Å²) < 4.78 is 33.6. The molecule has 0 aromatic heterocycles. The number of hydrogen-bond acceptors (Lipinski definition) is 14. The van der Waals surface area contributed by atoms with Crippen LogP contribution in [0.2, 0.25) is 10.0 Å². The molecule has 10 atom stereocenters. The van der Waals surface area contributed by atoms with Crippen LogP contribution < -0.4 is 9.47 Å². The average Bonchev–Trinajstić information content (AvgIpc) is 3.83. The molecule has 0 spiro atoms. The first kappa shape index (κ1) is 42.7. The van der Waals surface area contributed by atoms with E-state index in [0.717, 1.165) is 33.8 Å². The Morgan fingerprint density at radius 2 is 0.914 bits per heavy atom. The fourth-order valence-corrected chi connectivity index (χ4v) is 8.30. The molecule has 8 N–H and O–H groups in total. The lowest BCUT2D eigenvalue weighted by Crippen LogP contribution is -2.65. The highest BCUT2D eigenvalue weighted by atomic mass is 35.5. The molecular formula is C42H46Cl2O14. The van der Waals surface area contributed by atoms with E-state index < -0.39 is 72.6 Å².